The van der Waals surface area contributed by atoms with Crippen LogP contribution in [0.4, 0.5) is 0 Å². The second-order valence-electron chi connectivity index (χ2n) is 7.72. The van der Waals surface area contributed by atoms with Gasteiger partial charge in [0, 0.05) is 28.4 Å². The van der Waals surface area contributed by atoms with Gasteiger partial charge in [-0.3, -0.25) is 5.10 Å². The van der Waals surface area contributed by atoms with Crippen molar-refractivity contribution in [1.82, 2.24) is 20.1 Å². The van der Waals surface area contributed by atoms with Gasteiger partial charge in [0.15, 0.2) is 0 Å². The van der Waals surface area contributed by atoms with Crippen molar-refractivity contribution in [2.24, 2.45) is 0 Å². The van der Waals surface area contributed by atoms with E-state index in [1.807, 2.05) is 12.1 Å². The van der Waals surface area contributed by atoms with Gasteiger partial charge in [-0.25, -0.2) is 0 Å². The summed E-state index contributed by atoms with van der Waals surface area (Å²) in [5.74, 6) is 0.899. The monoisotopic (exact) mass is 410 g/mol. The van der Waals surface area contributed by atoms with Crippen molar-refractivity contribution in [2.45, 2.75) is 32.3 Å². The lowest BCUT2D eigenvalue weighted by Crippen LogP contribution is -2.31. The van der Waals surface area contributed by atoms with E-state index in [4.69, 9.17) is 4.74 Å². The normalized spacial score (nSPS) is 15.5. The molecule has 4 heterocycles. The van der Waals surface area contributed by atoms with Crippen molar-refractivity contribution in [3.8, 4) is 17.1 Å². The largest absolute Gasteiger partial charge is 0.493 e. The van der Waals surface area contributed by atoms with Crippen molar-refractivity contribution in [3.05, 3.63) is 35.2 Å². The number of fused-ring (bicyclic) bond motifs is 2. The number of rotatable bonds is 7. The number of hydrogen-bond donors (Lipinski definition) is 3. The van der Waals surface area contributed by atoms with Gasteiger partial charge < -0.3 is 19.7 Å². The van der Waals surface area contributed by atoms with Gasteiger partial charge in [0.1, 0.15) is 11.4 Å². The summed E-state index contributed by atoms with van der Waals surface area (Å²) in [6.45, 7) is 4.40. The van der Waals surface area contributed by atoms with Crippen molar-refractivity contribution >= 4 is 32.5 Å². The molecule has 0 atom stereocenters. The standard InChI is InChI=1S/C22H26N4O2S/c27-14-17-13-20-22(29-17)21(25-24-20)19-11-15-5-6-16(12-18(15)23-19)28-10-4-9-26-7-2-1-3-8-26/h5-6,11-13,23,27H,1-4,7-10,14H2,(H,24,25). The third-order valence-corrected chi connectivity index (χ3v) is 6.75. The molecule has 1 aliphatic rings. The predicted octanol–water partition coefficient (Wildman–Crippen LogP) is 4.52. The highest BCUT2D eigenvalue weighted by molar-refractivity contribution is 7.19. The molecule has 0 spiro atoms. The van der Waals surface area contributed by atoms with E-state index in [2.05, 4.69) is 38.3 Å². The maximum Gasteiger partial charge on any atom is 0.126 e. The van der Waals surface area contributed by atoms with Gasteiger partial charge in [-0.2, -0.15) is 5.10 Å². The van der Waals surface area contributed by atoms with Crippen molar-refractivity contribution in [3.63, 3.8) is 0 Å². The van der Waals surface area contributed by atoms with Crippen LogP contribution >= 0.6 is 11.3 Å². The summed E-state index contributed by atoms with van der Waals surface area (Å²) in [5.41, 5.74) is 3.87. The number of thiophene rings is 1. The molecule has 29 heavy (non-hydrogen) atoms. The van der Waals surface area contributed by atoms with Crippen LogP contribution in [0.5, 0.6) is 5.75 Å². The number of nitrogens with one attached hydrogen (secondary N) is 2. The van der Waals surface area contributed by atoms with Gasteiger partial charge in [-0.1, -0.05) is 6.42 Å². The third-order valence-electron chi connectivity index (χ3n) is 5.63. The summed E-state index contributed by atoms with van der Waals surface area (Å²) >= 11 is 1.57. The minimum atomic E-state index is 0.0534. The van der Waals surface area contributed by atoms with Gasteiger partial charge in [0.2, 0.25) is 0 Å². The first-order valence-corrected chi connectivity index (χ1v) is 11.2. The highest BCUT2D eigenvalue weighted by atomic mass is 32.1. The lowest BCUT2D eigenvalue weighted by molar-refractivity contribution is 0.205. The zero-order valence-electron chi connectivity index (χ0n) is 16.4. The molecule has 0 unspecified atom stereocenters. The molecule has 0 radical (unpaired) electrons. The molecule has 152 valence electrons. The Balaban J connectivity index is 1.27. The molecule has 3 aromatic heterocycles. The molecule has 0 amide bonds. The zero-order chi connectivity index (χ0) is 19.6. The molecule has 0 saturated carbocycles. The predicted molar refractivity (Wildman–Crippen MR) is 118 cm³/mol. The second kappa shape index (κ2) is 8.18. The van der Waals surface area contributed by atoms with E-state index in [1.165, 1.54) is 32.4 Å². The summed E-state index contributed by atoms with van der Waals surface area (Å²) in [7, 11) is 0. The van der Waals surface area contributed by atoms with Crippen LogP contribution in [0.25, 0.3) is 32.5 Å². The van der Waals surface area contributed by atoms with E-state index < -0.39 is 0 Å². The highest BCUT2D eigenvalue weighted by Gasteiger charge is 2.14. The van der Waals surface area contributed by atoms with Gasteiger partial charge >= 0.3 is 0 Å². The fourth-order valence-electron chi connectivity index (χ4n) is 4.11. The fraction of sp³-hybridized carbons (Fsp3) is 0.409. The van der Waals surface area contributed by atoms with Crippen LogP contribution in [0.3, 0.4) is 0 Å². The van der Waals surface area contributed by atoms with E-state index in [0.29, 0.717) is 0 Å². The molecular weight excluding hydrogens is 384 g/mol. The molecule has 1 saturated heterocycles. The molecular formula is C22H26N4O2S. The maximum absolute atomic E-state index is 9.38. The fourth-order valence-corrected chi connectivity index (χ4v) is 5.08. The average molecular weight is 411 g/mol. The summed E-state index contributed by atoms with van der Waals surface area (Å²) in [5, 5.41) is 18.0. The van der Waals surface area contributed by atoms with Gasteiger partial charge in [0.25, 0.3) is 0 Å². The molecule has 0 aliphatic carbocycles. The minimum Gasteiger partial charge on any atom is -0.493 e. The van der Waals surface area contributed by atoms with Crippen LogP contribution in [0.1, 0.15) is 30.6 Å². The Hall–Kier alpha value is -2.35. The molecule has 1 aliphatic heterocycles. The van der Waals surface area contributed by atoms with Crippen LogP contribution < -0.4 is 4.74 Å². The Bertz CT molecular complexity index is 1110. The van der Waals surface area contributed by atoms with E-state index in [1.54, 1.807) is 11.3 Å². The number of aromatic nitrogens is 3. The first kappa shape index (κ1) is 18.7. The SMILES string of the molecule is OCc1cc2[nH]nc(-c3cc4ccc(OCCCN5CCCCC5)cc4[nH]3)c2s1. The molecule has 3 N–H and O–H groups in total. The Labute approximate surface area is 173 Å². The number of benzene rings is 1. The molecule has 1 aromatic carbocycles. The van der Waals surface area contributed by atoms with Crippen LogP contribution in [-0.4, -0.2) is 51.4 Å². The molecule has 1 fully saturated rings. The number of aliphatic hydroxyl groups is 1. The van der Waals surface area contributed by atoms with E-state index in [-0.39, 0.29) is 6.61 Å². The molecule has 6 nitrogen and oxygen atoms in total. The first-order valence-electron chi connectivity index (χ1n) is 10.4. The van der Waals surface area contributed by atoms with E-state index in [0.717, 1.165) is 62.7 Å². The lowest BCUT2D eigenvalue weighted by atomic mass is 10.1. The number of ether oxygens (including phenoxy) is 1. The highest BCUT2D eigenvalue weighted by Crippen LogP contribution is 2.34. The summed E-state index contributed by atoms with van der Waals surface area (Å²) in [4.78, 5) is 6.96. The molecule has 5 rings (SSSR count). The zero-order valence-corrected chi connectivity index (χ0v) is 17.2. The summed E-state index contributed by atoms with van der Waals surface area (Å²) < 4.78 is 7.06. The second-order valence-corrected chi connectivity index (χ2v) is 8.86. The van der Waals surface area contributed by atoms with E-state index >= 15 is 0 Å². The number of H-pyrrole nitrogens is 2. The van der Waals surface area contributed by atoms with Crippen LogP contribution in [-0.2, 0) is 6.61 Å². The Morgan fingerprint density at radius 1 is 1.10 bits per heavy atom. The quantitative estimate of drug-likeness (QED) is 0.392. The topological polar surface area (TPSA) is 77.2 Å². The lowest BCUT2D eigenvalue weighted by Gasteiger charge is -2.26. The Kier molecular flexibility index (Phi) is 5.26. The van der Waals surface area contributed by atoms with Crippen LogP contribution in [0, 0.1) is 0 Å². The molecule has 4 aromatic rings. The minimum absolute atomic E-state index is 0.0534. The van der Waals surface area contributed by atoms with Gasteiger partial charge in [-0.05, 0) is 56.6 Å². The third kappa shape index (κ3) is 3.90. The summed E-state index contributed by atoms with van der Waals surface area (Å²) in [6.07, 6.45) is 5.11. The van der Waals surface area contributed by atoms with Gasteiger partial charge in [-0.15, -0.1) is 11.3 Å². The Morgan fingerprint density at radius 3 is 2.86 bits per heavy atom. The van der Waals surface area contributed by atoms with Crippen LogP contribution in [0.15, 0.2) is 30.3 Å². The van der Waals surface area contributed by atoms with E-state index in [9.17, 15) is 5.11 Å². The number of nitrogens with zero attached hydrogens (tertiary/aromatic N) is 2. The van der Waals surface area contributed by atoms with Crippen LogP contribution in [0.2, 0.25) is 0 Å². The smallest absolute Gasteiger partial charge is 0.126 e. The molecule has 0 bridgehead atoms. The number of aliphatic hydroxyl groups excluding tert-OH is 1. The maximum atomic E-state index is 9.38. The number of hydrogen-bond acceptors (Lipinski definition) is 5. The molecule has 7 heteroatoms. The summed E-state index contributed by atoms with van der Waals surface area (Å²) in [6, 6.07) is 10.3. The van der Waals surface area contributed by atoms with Crippen molar-refractivity contribution in [2.75, 3.05) is 26.2 Å². The Morgan fingerprint density at radius 2 is 2.00 bits per heavy atom. The average Bonchev–Trinajstić information content (AvgIpc) is 3.45. The number of likely N-dealkylation sites (tertiary alicyclic amines) is 1. The van der Waals surface area contributed by atoms with Crippen molar-refractivity contribution in [1.29, 1.82) is 0 Å². The first-order chi connectivity index (χ1) is 14.3. The van der Waals surface area contributed by atoms with Crippen molar-refractivity contribution < 1.29 is 9.84 Å². The number of aromatic amines is 2. The van der Waals surface area contributed by atoms with Gasteiger partial charge in [0.05, 0.1) is 29.1 Å². The number of piperidine rings is 1.